The van der Waals surface area contributed by atoms with Gasteiger partial charge in [0.05, 0.1) is 7.11 Å². The Hall–Kier alpha value is -1.80. The fourth-order valence-electron chi connectivity index (χ4n) is 2.69. The van der Waals surface area contributed by atoms with Crippen molar-refractivity contribution in [1.82, 2.24) is 0 Å². The molecule has 2 rings (SSSR count). The largest absolute Gasteiger partial charge is 0.507 e. The first-order valence-electron chi connectivity index (χ1n) is 6.85. The van der Waals surface area contributed by atoms with Crippen molar-refractivity contribution in [1.29, 1.82) is 0 Å². The van der Waals surface area contributed by atoms with Gasteiger partial charge in [0.25, 0.3) is 0 Å². The van der Waals surface area contributed by atoms with Crippen molar-refractivity contribution in [2.45, 2.75) is 51.0 Å². The molecule has 20 heavy (non-hydrogen) atoms. The van der Waals surface area contributed by atoms with E-state index in [0.717, 1.165) is 24.8 Å². The second kappa shape index (κ2) is 4.95. The maximum atomic E-state index is 10.7. The van der Waals surface area contributed by atoms with E-state index < -0.39 is 5.54 Å². The summed E-state index contributed by atoms with van der Waals surface area (Å²) in [5.41, 5.74) is 0.638. The predicted octanol–water partition coefficient (Wildman–Crippen LogP) is 3.41. The van der Waals surface area contributed by atoms with Crippen LogP contribution in [0, 0.1) is 0 Å². The van der Waals surface area contributed by atoms with Gasteiger partial charge in [0.15, 0.2) is 0 Å². The highest BCUT2D eigenvalue weighted by Crippen LogP contribution is 2.51. The molecule has 0 atom stereocenters. The monoisotopic (exact) mass is 275 g/mol. The number of methoxy groups -OCH3 is 1. The molecule has 4 nitrogen and oxygen atoms in total. The Balaban J connectivity index is 2.67. The van der Waals surface area contributed by atoms with Crippen molar-refractivity contribution in [2.24, 2.45) is 4.99 Å². The van der Waals surface area contributed by atoms with E-state index in [-0.39, 0.29) is 11.2 Å². The number of isocyanates is 1. The third-order valence-corrected chi connectivity index (χ3v) is 4.07. The van der Waals surface area contributed by atoms with Crippen molar-refractivity contribution in [3.8, 4) is 11.5 Å². The van der Waals surface area contributed by atoms with Gasteiger partial charge in [-0.1, -0.05) is 20.8 Å². The van der Waals surface area contributed by atoms with Gasteiger partial charge in [-0.3, -0.25) is 0 Å². The quantitative estimate of drug-likeness (QED) is 0.679. The third kappa shape index (κ3) is 2.32. The summed E-state index contributed by atoms with van der Waals surface area (Å²) in [6, 6.07) is 3.63. The lowest BCUT2D eigenvalue weighted by molar-refractivity contribution is 0.245. The van der Waals surface area contributed by atoms with Gasteiger partial charge in [-0.15, -0.1) is 0 Å². The van der Waals surface area contributed by atoms with Gasteiger partial charge in [0.2, 0.25) is 6.08 Å². The predicted molar refractivity (Wildman–Crippen MR) is 77.0 cm³/mol. The van der Waals surface area contributed by atoms with E-state index in [9.17, 15) is 9.90 Å². The molecule has 0 aliphatic heterocycles. The Kier molecular flexibility index (Phi) is 3.61. The molecule has 0 bridgehead atoms. The summed E-state index contributed by atoms with van der Waals surface area (Å²) in [7, 11) is 1.60. The number of aromatic hydroxyl groups is 1. The van der Waals surface area contributed by atoms with E-state index in [1.807, 2.05) is 26.8 Å². The summed E-state index contributed by atoms with van der Waals surface area (Å²) in [4.78, 5) is 14.7. The van der Waals surface area contributed by atoms with E-state index in [4.69, 9.17) is 4.74 Å². The van der Waals surface area contributed by atoms with Crippen LogP contribution in [0.5, 0.6) is 11.5 Å². The number of phenols is 1. The molecule has 0 radical (unpaired) electrons. The average molecular weight is 275 g/mol. The zero-order valence-corrected chi connectivity index (χ0v) is 12.5. The average Bonchev–Trinajstić information content (AvgIpc) is 2.33. The van der Waals surface area contributed by atoms with Crippen molar-refractivity contribution in [3.63, 3.8) is 0 Å². The number of rotatable bonds is 3. The Morgan fingerprint density at radius 3 is 2.40 bits per heavy atom. The van der Waals surface area contributed by atoms with Crippen LogP contribution in [0.25, 0.3) is 0 Å². The molecule has 1 N–H and O–H groups in total. The van der Waals surface area contributed by atoms with Crippen molar-refractivity contribution >= 4 is 6.08 Å². The van der Waals surface area contributed by atoms with Crippen LogP contribution in [-0.2, 0) is 15.7 Å². The van der Waals surface area contributed by atoms with Gasteiger partial charge in [0, 0.05) is 11.1 Å². The van der Waals surface area contributed by atoms with Crippen LogP contribution >= 0.6 is 0 Å². The van der Waals surface area contributed by atoms with E-state index >= 15 is 0 Å². The van der Waals surface area contributed by atoms with Crippen LogP contribution < -0.4 is 4.74 Å². The minimum atomic E-state index is -0.625. The maximum absolute atomic E-state index is 10.7. The molecule has 1 aliphatic rings. The number of aliphatic imine (C=N–C) groups is 1. The van der Waals surface area contributed by atoms with Crippen molar-refractivity contribution in [3.05, 3.63) is 23.3 Å². The van der Waals surface area contributed by atoms with Crippen LogP contribution in [0.15, 0.2) is 17.1 Å². The summed E-state index contributed by atoms with van der Waals surface area (Å²) in [6.45, 7) is 6.09. The minimum Gasteiger partial charge on any atom is -0.507 e. The van der Waals surface area contributed by atoms with Crippen LogP contribution in [0.2, 0.25) is 0 Å². The molecule has 1 aliphatic carbocycles. The Morgan fingerprint density at radius 2 is 2.00 bits per heavy atom. The van der Waals surface area contributed by atoms with Gasteiger partial charge in [0.1, 0.15) is 17.0 Å². The van der Waals surface area contributed by atoms with Gasteiger partial charge in [-0.2, -0.15) is 4.99 Å². The number of hydrogen-bond acceptors (Lipinski definition) is 4. The van der Waals surface area contributed by atoms with E-state index in [1.54, 1.807) is 19.3 Å². The molecule has 0 spiro atoms. The van der Waals surface area contributed by atoms with Gasteiger partial charge in [-0.25, -0.2) is 4.79 Å². The van der Waals surface area contributed by atoms with Crippen LogP contribution in [-0.4, -0.2) is 18.3 Å². The van der Waals surface area contributed by atoms with Gasteiger partial charge in [-0.05, 0) is 36.8 Å². The molecular formula is C16H21NO3. The molecule has 0 heterocycles. The fraction of sp³-hybridized carbons (Fsp3) is 0.562. The summed E-state index contributed by atoms with van der Waals surface area (Å²) in [6.07, 6.45) is 4.16. The molecule has 0 saturated heterocycles. The third-order valence-electron chi connectivity index (χ3n) is 4.07. The second-order valence-electron chi connectivity index (χ2n) is 6.41. The summed E-state index contributed by atoms with van der Waals surface area (Å²) in [5, 5.41) is 10.6. The smallest absolute Gasteiger partial charge is 0.235 e. The zero-order chi connectivity index (χ0) is 15.0. The number of nitrogens with zero attached hydrogens (tertiary/aromatic N) is 1. The van der Waals surface area contributed by atoms with Gasteiger partial charge >= 0.3 is 0 Å². The van der Waals surface area contributed by atoms with Gasteiger partial charge < -0.3 is 9.84 Å². The Labute approximate surface area is 119 Å². The Morgan fingerprint density at radius 1 is 1.35 bits per heavy atom. The van der Waals surface area contributed by atoms with Crippen LogP contribution in [0.3, 0.4) is 0 Å². The maximum Gasteiger partial charge on any atom is 0.235 e. The lowest BCUT2D eigenvalue weighted by Crippen LogP contribution is -2.32. The summed E-state index contributed by atoms with van der Waals surface area (Å²) >= 11 is 0. The number of carbonyl (C=O) groups excluding carboxylic acids is 1. The zero-order valence-electron chi connectivity index (χ0n) is 12.5. The standard InChI is InChI=1S/C16H21NO3/c1-15(2,3)12-8-11(20-4)9-13(14(12)19)16(17-10-18)6-5-7-16/h8-9,19H,5-7H2,1-4H3. The molecule has 0 aromatic heterocycles. The second-order valence-corrected chi connectivity index (χ2v) is 6.41. The number of ether oxygens (including phenoxy) is 1. The van der Waals surface area contributed by atoms with Crippen molar-refractivity contribution < 1.29 is 14.6 Å². The Bertz CT molecular complexity index is 562. The highest BCUT2D eigenvalue weighted by atomic mass is 16.5. The van der Waals surface area contributed by atoms with E-state index in [0.29, 0.717) is 11.3 Å². The molecule has 1 saturated carbocycles. The minimum absolute atomic E-state index is 0.219. The molecule has 1 aromatic rings. The lowest BCUT2D eigenvalue weighted by Gasteiger charge is -2.38. The number of hydrogen-bond donors (Lipinski definition) is 1. The molecule has 1 fully saturated rings. The topological polar surface area (TPSA) is 58.9 Å². The highest BCUT2D eigenvalue weighted by molar-refractivity contribution is 5.54. The SMILES string of the molecule is COc1cc(C(C)(C)C)c(O)c(C2(N=C=O)CCC2)c1. The fourth-order valence-corrected chi connectivity index (χ4v) is 2.69. The summed E-state index contributed by atoms with van der Waals surface area (Å²) in [5.74, 6) is 0.895. The highest BCUT2D eigenvalue weighted by Gasteiger charge is 2.42. The molecule has 0 amide bonds. The number of benzene rings is 1. The molecule has 4 heteroatoms. The molecule has 108 valence electrons. The molecule has 1 aromatic carbocycles. The number of phenolic OH excluding ortho intramolecular Hbond substituents is 1. The first kappa shape index (κ1) is 14.6. The molecule has 0 unspecified atom stereocenters. The molecular weight excluding hydrogens is 254 g/mol. The first-order valence-corrected chi connectivity index (χ1v) is 6.85. The van der Waals surface area contributed by atoms with E-state index in [1.165, 1.54) is 0 Å². The van der Waals surface area contributed by atoms with Crippen molar-refractivity contribution in [2.75, 3.05) is 7.11 Å². The van der Waals surface area contributed by atoms with E-state index in [2.05, 4.69) is 4.99 Å². The first-order chi connectivity index (χ1) is 9.34. The summed E-state index contributed by atoms with van der Waals surface area (Å²) < 4.78 is 5.34. The normalized spacial score (nSPS) is 17.0. The lowest BCUT2D eigenvalue weighted by atomic mass is 9.70. The van der Waals surface area contributed by atoms with Crippen LogP contribution in [0.1, 0.15) is 51.2 Å². The van der Waals surface area contributed by atoms with Crippen LogP contribution in [0.4, 0.5) is 0 Å².